The van der Waals surface area contributed by atoms with Crippen molar-refractivity contribution in [2.24, 2.45) is 0 Å². The molecule has 0 aliphatic rings. The summed E-state index contributed by atoms with van der Waals surface area (Å²) in [5, 5.41) is 5.75. The molecule has 3 aromatic rings. The first-order valence-electron chi connectivity index (χ1n) is 11.9. The average Bonchev–Trinajstić information content (AvgIpc) is 3.25. The second kappa shape index (κ2) is 13.3. The Morgan fingerprint density at radius 3 is 2.51 bits per heavy atom. The van der Waals surface area contributed by atoms with Crippen molar-refractivity contribution in [3.8, 4) is 11.1 Å². The second-order valence-corrected chi connectivity index (χ2v) is 10.3. The van der Waals surface area contributed by atoms with E-state index < -0.39 is 12.0 Å². The van der Waals surface area contributed by atoms with Crippen LogP contribution < -0.4 is 10.6 Å². The predicted octanol–water partition coefficient (Wildman–Crippen LogP) is 5.03. The van der Waals surface area contributed by atoms with Crippen molar-refractivity contribution >= 4 is 47.5 Å². The van der Waals surface area contributed by atoms with Gasteiger partial charge in [0.2, 0.25) is 5.91 Å². The molecule has 0 unspecified atom stereocenters. The Morgan fingerprint density at radius 1 is 1.11 bits per heavy atom. The molecular weight excluding hydrogens is 508 g/mol. The maximum Gasteiger partial charge on any atom is 0.328 e. The molecule has 1 atom stereocenters. The molecule has 1 aromatic heterocycles. The highest BCUT2D eigenvalue weighted by Gasteiger charge is 2.25. The van der Waals surface area contributed by atoms with Crippen molar-refractivity contribution in [2.75, 3.05) is 17.3 Å². The van der Waals surface area contributed by atoms with Gasteiger partial charge in [0.1, 0.15) is 6.04 Å². The van der Waals surface area contributed by atoms with Crippen LogP contribution in [-0.2, 0) is 20.7 Å². The monoisotopic (exact) mass is 540 g/mol. The van der Waals surface area contributed by atoms with E-state index in [9.17, 15) is 14.4 Å². The minimum Gasteiger partial charge on any atom is -0.461 e. The summed E-state index contributed by atoms with van der Waals surface area (Å²) in [7, 11) is 0. The molecular formula is C27H32N4O4S2. The van der Waals surface area contributed by atoms with Crippen LogP contribution in [0.2, 0.25) is 0 Å². The number of thioether (sulfide) groups is 1. The van der Waals surface area contributed by atoms with Gasteiger partial charge in [-0.1, -0.05) is 24.3 Å². The zero-order valence-electron chi connectivity index (χ0n) is 21.3. The molecule has 8 nitrogen and oxygen atoms in total. The predicted molar refractivity (Wildman–Crippen MR) is 150 cm³/mol. The van der Waals surface area contributed by atoms with Crippen LogP contribution in [0.3, 0.4) is 0 Å². The van der Waals surface area contributed by atoms with Crippen LogP contribution in [0.5, 0.6) is 0 Å². The van der Waals surface area contributed by atoms with E-state index in [2.05, 4.69) is 20.6 Å². The van der Waals surface area contributed by atoms with Gasteiger partial charge in [0.15, 0.2) is 4.77 Å². The van der Waals surface area contributed by atoms with Gasteiger partial charge in [0, 0.05) is 23.1 Å². The van der Waals surface area contributed by atoms with Crippen molar-refractivity contribution in [1.82, 2.24) is 15.3 Å². The molecule has 10 heteroatoms. The first-order valence-corrected chi connectivity index (χ1v) is 13.7. The van der Waals surface area contributed by atoms with Gasteiger partial charge in [-0.25, -0.2) is 4.79 Å². The summed E-state index contributed by atoms with van der Waals surface area (Å²) >= 11 is 6.61. The lowest BCUT2D eigenvalue weighted by Gasteiger charge is -2.20. The highest BCUT2D eigenvalue weighted by molar-refractivity contribution is 7.98. The summed E-state index contributed by atoms with van der Waals surface area (Å²) in [5.41, 5.74) is 4.08. The summed E-state index contributed by atoms with van der Waals surface area (Å²) in [6.45, 7) is 5.51. The number of hydrogen-bond acceptors (Lipinski definition) is 6. The third-order valence-corrected chi connectivity index (χ3v) is 6.40. The van der Waals surface area contributed by atoms with E-state index >= 15 is 0 Å². The minimum absolute atomic E-state index is 0.115. The highest BCUT2D eigenvalue weighted by atomic mass is 32.2. The lowest BCUT2D eigenvalue weighted by atomic mass is 9.94. The Labute approximate surface area is 226 Å². The molecule has 196 valence electrons. The smallest absolute Gasteiger partial charge is 0.328 e. The number of rotatable bonds is 11. The van der Waals surface area contributed by atoms with Gasteiger partial charge >= 0.3 is 5.97 Å². The fourth-order valence-corrected chi connectivity index (χ4v) is 4.46. The Balaban J connectivity index is 1.90. The maximum absolute atomic E-state index is 13.5. The Kier molecular flexibility index (Phi) is 10.1. The number of hydrogen-bond donors (Lipinski definition) is 4. The molecule has 0 saturated heterocycles. The normalized spacial score (nSPS) is 11.7. The van der Waals surface area contributed by atoms with Crippen molar-refractivity contribution < 1.29 is 19.1 Å². The van der Waals surface area contributed by atoms with Crippen LogP contribution in [0, 0.1) is 11.7 Å². The molecule has 2 amide bonds. The molecule has 0 saturated carbocycles. The molecule has 0 radical (unpaired) electrons. The Morgan fingerprint density at radius 2 is 1.86 bits per heavy atom. The van der Waals surface area contributed by atoms with E-state index in [0.29, 0.717) is 39.5 Å². The molecule has 37 heavy (non-hydrogen) atoms. The van der Waals surface area contributed by atoms with Gasteiger partial charge in [-0.2, -0.15) is 11.8 Å². The van der Waals surface area contributed by atoms with Gasteiger partial charge in [-0.15, -0.1) is 0 Å². The number of anilines is 1. The molecule has 0 bridgehead atoms. The van der Waals surface area contributed by atoms with Crippen LogP contribution in [0.1, 0.15) is 41.9 Å². The summed E-state index contributed by atoms with van der Waals surface area (Å²) in [5.74, 6) is -0.378. The molecule has 3 rings (SSSR count). The van der Waals surface area contributed by atoms with E-state index in [0.717, 1.165) is 11.1 Å². The molecule has 1 heterocycles. The number of carbonyl (C=O) groups excluding carboxylic acids is 3. The topological polar surface area (TPSA) is 116 Å². The van der Waals surface area contributed by atoms with Crippen LogP contribution in [-0.4, -0.2) is 51.9 Å². The van der Waals surface area contributed by atoms with Crippen LogP contribution in [0.15, 0.2) is 48.7 Å². The van der Waals surface area contributed by atoms with Gasteiger partial charge in [-0.05, 0) is 86.3 Å². The SMILES string of the molecule is CSCC[C@H](NC(=O)c1ccc(NC(=O)Cc2c[nH]c(=S)[nH]2)cc1-c1ccccc1C)C(=O)OC(C)C. The van der Waals surface area contributed by atoms with Crippen molar-refractivity contribution in [2.45, 2.75) is 45.8 Å². The Hall–Kier alpha value is -3.37. The average molecular weight is 541 g/mol. The number of H-pyrrole nitrogens is 2. The van der Waals surface area contributed by atoms with E-state index in [4.69, 9.17) is 17.0 Å². The number of ether oxygens (including phenoxy) is 1. The zero-order chi connectivity index (χ0) is 26.9. The van der Waals surface area contributed by atoms with Crippen molar-refractivity contribution in [1.29, 1.82) is 0 Å². The summed E-state index contributed by atoms with van der Waals surface area (Å²) in [6.07, 6.45) is 3.89. The molecule has 0 aliphatic heterocycles. The van der Waals surface area contributed by atoms with Crippen LogP contribution in [0.25, 0.3) is 11.1 Å². The molecule has 2 aromatic carbocycles. The van der Waals surface area contributed by atoms with E-state index in [1.165, 1.54) is 0 Å². The Bertz CT molecular complexity index is 1320. The summed E-state index contributed by atoms with van der Waals surface area (Å²) in [6, 6.07) is 12.0. The minimum atomic E-state index is -0.765. The largest absolute Gasteiger partial charge is 0.461 e. The summed E-state index contributed by atoms with van der Waals surface area (Å²) < 4.78 is 5.82. The van der Waals surface area contributed by atoms with Crippen LogP contribution >= 0.6 is 24.0 Å². The number of carbonyl (C=O) groups is 3. The lowest BCUT2D eigenvalue weighted by Crippen LogP contribution is -2.43. The number of aromatic nitrogens is 2. The number of nitrogens with one attached hydrogen (secondary N) is 4. The van der Waals surface area contributed by atoms with E-state index in [1.54, 1.807) is 50.0 Å². The van der Waals surface area contributed by atoms with Gasteiger partial charge < -0.3 is 25.3 Å². The maximum atomic E-state index is 13.5. The third-order valence-electron chi connectivity index (χ3n) is 5.54. The number of benzene rings is 2. The zero-order valence-corrected chi connectivity index (χ0v) is 23.0. The molecule has 0 fully saturated rings. The van der Waals surface area contributed by atoms with E-state index in [1.807, 2.05) is 37.4 Å². The van der Waals surface area contributed by atoms with Gasteiger partial charge in [0.05, 0.1) is 12.5 Å². The fourth-order valence-electron chi connectivity index (χ4n) is 3.80. The van der Waals surface area contributed by atoms with Gasteiger partial charge in [-0.3, -0.25) is 9.59 Å². The van der Waals surface area contributed by atoms with Crippen molar-refractivity contribution in [3.05, 3.63) is 70.3 Å². The van der Waals surface area contributed by atoms with E-state index in [-0.39, 0.29) is 24.3 Å². The number of aryl methyl sites for hydroxylation is 1. The second-order valence-electron chi connectivity index (χ2n) is 8.86. The molecule has 4 N–H and O–H groups in total. The highest BCUT2D eigenvalue weighted by Crippen LogP contribution is 2.30. The number of esters is 1. The fraction of sp³-hybridized carbons (Fsp3) is 0.333. The first-order chi connectivity index (χ1) is 17.7. The quantitative estimate of drug-likeness (QED) is 0.200. The number of imidazole rings is 1. The standard InChI is InChI=1S/C27H32N4O4S2/c1-16(2)35-26(34)23(11-12-37-4)31-25(33)21-10-9-18(13-22(21)20-8-6-5-7-17(20)3)29-24(32)14-19-15-28-27(36)30-19/h5-10,13,15-16,23H,11-12,14H2,1-4H3,(H,29,32)(H,31,33)(H2,28,30,36)/t23-/m0/s1. The number of amides is 2. The molecule has 0 aliphatic carbocycles. The summed E-state index contributed by atoms with van der Waals surface area (Å²) in [4.78, 5) is 44.5. The lowest BCUT2D eigenvalue weighted by molar-refractivity contribution is -0.149. The first kappa shape index (κ1) is 28.2. The van der Waals surface area contributed by atoms with Gasteiger partial charge in [0.25, 0.3) is 5.91 Å². The third kappa shape index (κ3) is 8.06. The molecule has 0 spiro atoms. The van der Waals surface area contributed by atoms with Crippen molar-refractivity contribution in [3.63, 3.8) is 0 Å². The van der Waals surface area contributed by atoms with Crippen LogP contribution in [0.4, 0.5) is 5.69 Å². The number of aromatic amines is 2.